The molecule has 0 amide bonds. The SMILES string of the molecule is CC1CN(C)CC(CN(C)C2=CCC(F)=NC2)O1. The average molecular weight is 255 g/mol. The summed E-state index contributed by atoms with van der Waals surface area (Å²) in [6.07, 6.45) is 2.72. The van der Waals surface area contributed by atoms with E-state index in [2.05, 4.69) is 28.8 Å². The van der Waals surface area contributed by atoms with Crippen molar-refractivity contribution in [3.05, 3.63) is 11.8 Å². The molecule has 102 valence electrons. The van der Waals surface area contributed by atoms with Gasteiger partial charge in [-0.05, 0) is 14.0 Å². The normalized spacial score (nSPS) is 29.8. The Hall–Kier alpha value is -0.940. The molecule has 0 radical (unpaired) electrons. The topological polar surface area (TPSA) is 28.1 Å². The van der Waals surface area contributed by atoms with Crippen LogP contribution in [0, 0.1) is 0 Å². The highest BCUT2D eigenvalue weighted by Gasteiger charge is 2.24. The fourth-order valence-electron chi connectivity index (χ4n) is 2.57. The van der Waals surface area contributed by atoms with Crippen LogP contribution in [0.2, 0.25) is 0 Å². The van der Waals surface area contributed by atoms with Crippen LogP contribution in [0.4, 0.5) is 4.39 Å². The Bertz CT molecular complexity index is 346. The van der Waals surface area contributed by atoms with Crippen molar-refractivity contribution in [1.82, 2.24) is 9.80 Å². The van der Waals surface area contributed by atoms with Gasteiger partial charge in [0.15, 0.2) is 5.97 Å². The molecule has 18 heavy (non-hydrogen) atoms. The average Bonchev–Trinajstić information content (AvgIpc) is 2.28. The van der Waals surface area contributed by atoms with E-state index < -0.39 is 0 Å². The van der Waals surface area contributed by atoms with Gasteiger partial charge in [0.1, 0.15) is 0 Å². The molecule has 0 N–H and O–H groups in total. The highest BCUT2D eigenvalue weighted by molar-refractivity contribution is 5.77. The van der Waals surface area contributed by atoms with Crippen LogP contribution in [-0.2, 0) is 4.74 Å². The summed E-state index contributed by atoms with van der Waals surface area (Å²) in [5.74, 6) is -0.269. The van der Waals surface area contributed by atoms with E-state index in [1.165, 1.54) is 0 Å². The molecule has 2 aliphatic rings. The van der Waals surface area contributed by atoms with Crippen LogP contribution in [0.1, 0.15) is 13.3 Å². The van der Waals surface area contributed by atoms with Gasteiger partial charge >= 0.3 is 0 Å². The fourth-order valence-corrected chi connectivity index (χ4v) is 2.57. The van der Waals surface area contributed by atoms with Crippen molar-refractivity contribution < 1.29 is 9.13 Å². The summed E-state index contributed by atoms with van der Waals surface area (Å²) < 4.78 is 18.8. The highest BCUT2D eigenvalue weighted by atomic mass is 19.1. The number of nitrogens with zero attached hydrogens (tertiary/aromatic N) is 3. The molecule has 2 unspecified atom stereocenters. The first-order valence-electron chi connectivity index (χ1n) is 6.47. The van der Waals surface area contributed by atoms with Crippen molar-refractivity contribution in [2.24, 2.45) is 4.99 Å². The van der Waals surface area contributed by atoms with Crippen molar-refractivity contribution in [3.63, 3.8) is 0 Å². The van der Waals surface area contributed by atoms with Gasteiger partial charge in [-0.3, -0.25) is 4.99 Å². The number of morpholine rings is 1. The van der Waals surface area contributed by atoms with Crippen LogP contribution < -0.4 is 0 Å². The van der Waals surface area contributed by atoms with E-state index in [0.29, 0.717) is 13.0 Å². The Morgan fingerprint density at radius 2 is 2.33 bits per heavy atom. The molecular formula is C13H22FN3O. The summed E-state index contributed by atoms with van der Waals surface area (Å²) in [6, 6.07) is 0. The molecule has 2 aliphatic heterocycles. The molecule has 0 aliphatic carbocycles. The predicted octanol–water partition coefficient (Wildman–Crippen LogP) is 1.29. The van der Waals surface area contributed by atoms with E-state index in [4.69, 9.17) is 4.74 Å². The molecule has 0 saturated carbocycles. The van der Waals surface area contributed by atoms with Crippen molar-refractivity contribution in [3.8, 4) is 0 Å². The molecule has 4 nitrogen and oxygen atoms in total. The molecule has 0 aromatic carbocycles. The fraction of sp³-hybridized carbons (Fsp3) is 0.769. The van der Waals surface area contributed by atoms with E-state index in [9.17, 15) is 4.39 Å². The van der Waals surface area contributed by atoms with E-state index in [0.717, 1.165) is 25.3 Å². The molecule has 0 bridgehead atoms. The number of allylic oxidation sites excluding steroid dienone is 1. The van der Waals surface area contributed by atoms with E-state index in [1.54, 1.807) is 0 Å². The van der Waals surface area contributed by atoms with Crippen molar-refractivity contribution in [2.45, 2.75) is 25.6 Å². The summed E-state index contributed by atoms with van der Waals surface area (Å²) in [6.45, 7) is 5.30. The predicted molar refractivity (Wildman–Crippen MR) is 70.6 cm³/mol. The van der Waals surface area contributed by atoms with Crippen LogP contribution >= 0.6 is 0 Å². The molecule has 2 heterocycles. The zero-order valence-corrected chi connectivity index (χ0v) is 11.4. The van der Waals surface area contributed by atoms with Gasteiger partial charge in [-0.2, -0.15) is 4.39 Å². The number of ether oxygens (including phenoxy) is 1. The summed E-state index contributed by atoms with van der Waals surface area (Å²) in [5, 5.41) is 0. The lowest BCUT2D eigenvalue weighted by molar-refractivity contribution is -0.0762. The maximum atomic E-state index is 12.8. The number of dihydropyridines is 1. The van der Waals surface area contributed by atoms with Crippen molar-refractivity contribution in [2.75, 3.05) is 40.3 Å². The lowest BCUT2D eigenvalue weighted by atomic mass is 10.2. The van der Waals surface area contributed by atoms with Crippen LogP contribution in [-0.4, -0.2) is 68.2 Å². The molecule has 0 aromatic heterocycles. The first-order chi connectivity index (χ1) is 8.54. The smallest absolute Gasteiger partial charge is 0.188 e. The quantitative estimate of drug-likeness (QED) is 0.761. The second kappa shape index (κ2) is 5.80. The lowest BCUT2D eigenvalue weighted by Crippen LogP contribution is -2.48. The number of likely N-dealkylation sites (N-methyl/N-ethyl adjacent to an activating group) is 2. The number of rotatable bonds is 3. The van der Waals surface area contributed by atoms with Gasteiger partial charge in [-0.25, -0.2) is 0 Å². The van der Waals surface area contributed by atoms with Gasteiger partial charge in [0, 0.05) is 38.8 Å². The van der Waals surface area contributed by atoms with Gasteiger partial charge < -0.3 is 14.5 Å². The molecule has 2 atom stereocenters. The van der Waals surface area contributed by atoms with Gasteiger partial charge in [0.2, 0.25) is 0 Å². The van der Waals surface area contributed by atoms with Crippen LogP contribution in [0.15, 0.2) is 16.8 Å². The molecule has 2 rings (SSSR count). The number of hydrogen-bond acceptors (Lipinski definition) is 4. The highest BCUT2D eigenvalue weighted by Crippen LogP contribution is 2.15. The minimum Gasteiger partial charge on any atom is -0.374 e. The largest absolute Gasteiger partial charge is 0.374 e. The zero-order chi connectivity index (χ0) is 13.1. The lowest BCUT2D eigenvalue weighted by Gasteiger charge is -2.37. The van der Waals surface area contributed by atoms with Crippen LogP contribution in [0.5, 0.6) is 0 Å². The Labute approximate surface area is 108 Å². The monoisotopic (exact) mass is 255 g/mol. The second-order valence-corrected chi connectivity index (χ2v) is 5.26. The van der Waals surface area contributed by atoms with Crippen molar-refractivity contribution in [1.29, 1.82) is 0 Å². The van der Waals surface area contributed by atoms with Crippen LogP contribution in [0.3, 0.4) is 0 Å². The maximum absolute atomic E-state index is 12.8. The number of hydrogen-bond donors (Lipinski definition) is 0. The summed E-state index contributed by atoms with van der Waals surface area (Å²) in [5.41, 5.74) is 1.08. The first-order valence-corrected chi connectivity index (χ1v) is 6.47. The molecule has 0 spiro atoms. The minimum atomic E-state index is -0.269. The Morgan fingerprint density at radius 1 is 1.56 bits per heavy atom. The zero-order valence-electron chi connectivity index (χ0n) is 11.4. The third kappa shape index (κ3) is 3.53. The Balaban J connectivity index is 1.85. The summed E-state index contributed by atoms with van der Waals surface area (Å²) >= 11 is 0. The molecular weight excluding hydrogens is 233 g/mol. The molecule has 1 fully saturated rings. The summed E-state index contributed by atoms with van der Waals surface area (Å²) in [4.78, 5) is 8.27. The maximum Gasteiger partial charge on any atom is 0.188 e. The third-order valence-electron chi connectivity index (χ3n) is 3.40. The standard InChI is InChI=1S/C13H22FN3O/c1-10-7-16(2)8-12(18-10)9-17(3)11-4-5-13(14)15-6-11/h4,10,12H,5-9H2,1-3H3. The summed E-state index contributed by atoms with van der Waals surface area (Å²) in [7, 11) is 4.14. The second-order valence-electron chi connectivity index (χ2n) is 5.26. The minimum absolute atomic E-state index is 0.209. The number of aliphatic imine (C=N–C) groups is 1. The third-order valence-corrected chi connectivity index (χ3v) is 3.40. The molecule has 1 saturated heterocycles. The molecule has 0 aromatic rings. The van der Waals surface area contributed by atoms with Gasteiger partial charge in [-0.15, -0.1) is 0 Å². The van der Waals surface area contributed by atoms with Gasteiger partial charge in [0.05, 0.1) is 18.8 Å². The number of halogens is 1. The van der Waals surface area contributed by atoms with Crippen LogP contribution in [0.25, 0.3) is 0 Å². The first kappa shape index (κ1) is 13.5. The Morgan fingerprint density at radius 3 is 2.94 bits per heavy atom. The van der Waals surface area contributed by atoms with Gasteiger partial charge in [0.25, 0.3) is 0 Å². The Kier molecular flexibility index (Phi) is 4.35. The van der Waals surface area contributed by atoms with Crippen molar-refractivity contribution >= 4 is 5.97 Å². The van der Waals surface area contributed by atoms with Gasteiger partial charge in [-0.1, -0.05) is 6.08 Å². The van der Waals surface area contributed by atoms with E-state index >= 15 is 0 Å². The van der Waals surface area contributed by atoms with E-state index in [1.807, 2.05) is 13.1 Å². The van der Waals surface area contributed by atoms with E-state index in [-0.39, 0.29) is 18.2 Å². The molecule has 5 heteroatoms.